The van der Waals surface area contributed by atoms with Crippen molar-refractivity contribution in [2.24, 2.45) is 0 Å². The Balaban J connectivity index is 2.30. The number of hydrogen-bond donors (Lipinski definition) is 1. The number of rotatable bonds is 10. The van der Waals surface area contributed by atoms with Crippen molar-refractivity contribution >= 4 is 5.82 Å². The lowest BCUT2D eigenvalue weighted by Gasteiger charge is -2.23. The molecule has 0 fully saturated rings. The van der Waals surface area contributed by atoms with Crippen LogP contribution in [0, 0.1) is 0 Å². The predicted molar refractivity (Wildman–Crippen MR) is 92.6 cm³/mol. The summed E-state index contributed by atoms with van der Waals surface area (Å²) < 4.78 is 0. The molecule has 0 saturated heterocycles. The van der Waals surface area contributed by atoms with E-state index in [1.807, 2.05) is 19.2 Å². The Morgan fingerprint density at radius 2 is 2.05 bits per heavy atom. The smallest absolute Gasteiger partial charge is 0.130 e. The van der Waals surface area contributed by atoms with E-state index in [2.05, 4.69) is 48.9 Å². The lowest BCUT2D eigenvalue weighted by molar-refractivity contribution is 0.257. The van der Waals surface area contributed by atoms with Crippen molar-refractivity contribution in [3.05, 3.63) is 36.2 Å². The van der Waals surface area contributed by atoms with E-state index in [4.69, 9.17) is 0 Å². The topological polar surface area (TPSA) is 28.2 Å². The van der Waals surface area contributed by atoms with Crippen LogP contribution in [0.1, 0.15) is 51.5 Å². The molecule has 21 heavy (non-hydrogen) atoms. The fourth-order valence-electron chi connectivity index (χ4n) is 2.57. The largest absolute Gasteiger partial charge is 0.345 e. The van der Waals surface area contributed by atoms with Gasteiger partial charge in [-0.3, -0.25) is 0 Å². The summed E-state index contributed by atoms with van der Waals surface area (Å²) >= 11 is 0. The Morgan fingerprint density at radius 3 is 2.57 bits per heavy atom. The molecule has 1 aromatic rings. The van der Waals surface area contributed by atoms with Gasteiger partial charge in [0.25, 0.3) is 0 Å². The average Bonchev–Trinajstić information content (AvgIpc) is 2.43. The van der Waals surface area contributed by atoms with E-state index in [1.165, 1.54) is 37.7 Å². The number of anilines is 1. The first-order chi connectivity index (χ1) is 10.0. The molecular weight excluding hydrogens is 258 g/mol. The van der Waals surface area contributed by atoms with Crippen molar-refractivity contribution in [3.63, 3.8) is 0 Å². The summed E-state index contributed by atoms with van der Waals surface area (Å²) in [6.07, 6.45) is 9.48. The molecule has 3 heteroatoms. The van der Waals surface area contributed by atoms with Gasteiger partial charge >= 0.3 is 0 Å². The van der Waals surface area contributed by atoms with Crippen LogP contribution in [0.15, 0.2) is 30.6 Å². The normalized spacial score (nSPS) is 12.4. The monoisotopic (exact) mass is 289 g/mol. The van der Waals surface area contributed by atoms with Gasteiger partial charge in [0, 0.05) is 17.9 Å². The molecule has 0 bridgehead atoms. The van der Waals surface area contributed by atoms with Crippen molar-refractivity contribution in [2.75, 3.05) is 19.4 Å². The molecule has 0 aromatic carbocycles. The van der Waals surface area contributed by atoms with Gasteiger partial charge in [0.05, 0.1) is 0 Å². The fraction of sp³-hybridized carbons (Fsp3) is 0.611. The van der Waals surface area contributed by atoms with Crippen molar-refractivity contribution < 1.29 is 0 Å². The minimum Gasteiger partial charge on any atom is -0.345 e. The summed E-state index contributed by atoms with van der Waals surface area (Å²) in [7, 11) is 4.38. The van der Waals surface area contributed by atoms with Crippen LogP contribution >= 0.6 is 0 Å². The van der Waals surface area contributed by atoms with Gasteiger partial charge in [-0.25, -0.2) is 4.98 Å². The maximum absolute atomic E-state index is 4.41. The molecular formula is C18H31N3. The third-order valence-corrected chi connectivity index (χ3v) is 3.77. The highest BCUT2D eigenvalue weighted by atomic mass is 15.1. The van der Waals surface area contributed by atoms with Crippen LogP contribution in [-0.4, -0.2) is 30.0 Å². The molecule has 0 aliphatic carbocycles. The minimum atomic E-state index is 0.732. The maximum Gasteiger partial charge on any atom is 0.130 e. The summed E-state index contributed by atoms with van der Waals surface area (Å²) in [5.41, 5.74) is 2.24. The molecule has 0 spiro atoms. The number of pyridine rings is 1. The summed E-state index contributed by atoms with van der Waals surface area (Å²) in [5.74, 6) is 0.877. The first kappa shape index (κ1) is 17.7. The number of unbranched alkanes of at least 4 members (excludes halogenated alkanes) is 1. The predicted octanol–water partition coefficient (Wildman–Crippen LogP) is 4.47. The van der Waals surface area contributed by atoms with E-state index < -0.39 is 0 Å². The second-order valence-electron chi connectivity index (χ2n) is 6.11. The first-order valence-electron chi connectivity index (χ1n) is 8.06. The number of aryl methyl sites for hydroxylation is 1. The number of aromatic nitrogens is 1. The van der Waals surface area contributed by atoms with E-state index in [0.717, 1.165) is 24.0 Å². The SMILES string of the molecule is C=C(C)Nc1ccc(CCCCC(CCC)N(C)C)cn1. The van der Waals surface area contributed by atoms with Crippen molar-refractivity contribution in [1.82, 2.24) is 9.88 Å². The van der Waals surface area contributed by atoms with E-state index in [1.54, 1.807) is 0 Å². The van der Waals surface area contributed by atoms with Crippen LogP contribution in [0.25, 0.3) is 0 Å². The third-order valence-electron chi connectivity index (χ3n) is 3.77. The molecule has 0 radical (unpaired) electrons. The number of allylic oxidation sites excluding steroid dienone is 1. The fourth-order valence-corrected chi connectivity index (χ4v) is 2.57. The standard InChI is InChI=1S/C18H31N3/c1-6-9-17(21(4)5)11-8-7-10-16-12-13-18(19-14-16)20-15(2)3/h12-14,17H,2,6-11H2,1,3-5H3,(H,19,20). The summed E-state index contributed by atoms with van der Waals surface area (Å²) in [6, 6.07) is 4.92. The Labute approximate surface area is 130 Å². The molecule has 1 unspecified atom stereocenters. The number of hydrogen-bond acceptors (Lipinski definition) is 3. The molecule has 118 valence electrons. The molecule has 0 aliphatic rings. The van der Waals surface area contributed by atoms with Gasteiger partial charge in [-0.1, -0.05) is 32.4 Å². The van der Waals surface area contributed by atoms with Crippen molar-refractivity contribution in [2.45, 2.75) is 58.4 Å². The lowest BCUT2D eigenvalue weighted by atomic mass is 10.0. The van der Waals surface area contributed by atoms with Crippen LogP contribution < -0.4 is 5.32 Å². The molecule has 1 aromatic heterocycles. The van der Waals surface area contributed by atoms with Crippen molar-refractivity contribution in [3.8, 4) is 0 Å². The maximum atomic E-state index is 4.41. The molecule has 1 N–H and O–H groups in total. The van der Waals surface area contributed by atoms with Crippen LogP contribution in [0.4, 0.5) is 5.82 Å². The van der Waals surface area contributed by atoms with E-state index in [9.17, 15) is 0 Å². The molecule has 3 nitrogen and oxygen atoms in total. The average molecular weight is 289 g/mol. The highest BCUT2D eigenvalue weighted by Gasteiger charge is 2.09. The van der Waals surface area contributed by atoms with Crippen LogP contribution in [0.5, 0.6) is 0 Å². The van der Waals surface area contributed by atoms with Crippen LogP contribution in [0.3, 0.4) is 0 Å². The highest BCUT2D eigenvalue weighted by Crippen LogP contribution is 2.14. The molecule has 0 amide bonds. The zero-order valence-electron chi connectivity index (χ0n) is 14.2. The van der Waals surface area contributed by atoms with Crippen molar-refractivity contribution in [1.29, 1.82) is 0 Å². The van der Waals surface area contributed by atoms with Gasteiger partial charge in [-0.05, 0) is 58.3 Å². The van der Waals surface area contributed by atoms with Gasteiger partial charge in [-0.2, -0.15) is 0 Å². The van der Waals surface area contributed by atoms with Gasteiger partial charge in [0.2, 0.25) is 0 Å². The Kier molecular flexibility index (Phi) is 8.06. The minimum absolute atomic E-state index is 0.732. The summed E-state index contributed by atoms with van der Waals surface area (Å²) in [5, 5.41) is 3.13. The first-order valence-corrected chi connectivity index (χ1v) is 8.06. The summed E-state index contributed by atoms with van der Waals surface area (Å²) in [6.45, 7) is 8.03. The Morgan fingerprint density at radius 1 is 1.29 bits per heavy atom. The second-order valence-corrected chi connectivity index (χ2v) is 6.11. The third kappa shape index (κ3) is 7.28. The van der Waals surface area contributed by atoms with Crippen LogP contribution in [-0.2, 0) is 6.42 Å². The molecule has 1 rings (SSSR count). The van der Waals surface area contributed by atoms with E-state index in [-0.39, 0.29) is 0 Å². The van der Waals surface area contributed by atoms with Gasteiger partial charge < -0.3 is 10.2 Å². The Hall–Kier alpha value is -1.35. The lowest BCUT2D eigenvalue weighted by Crippen LogP contribution is -2.27. The van der Waals surface area contributed by atoms with Gasteiger partial charge in [0.15, 0.2) is 0 Å². The number of nitrogens with zero attached hydrogens (tertiary/aromatic N) is 2. The molecule has 1 atom stereocenters. The van der Waals surface area contributed by atoms with E-state index in [0.29, 0.717) is 0 Å². The molecule has 0 saturated carbocycles. The Bertz CT molecular complexity index is 409. The number of nitrogens with one attached hydrogen (secondary N) is 1. The zero-order chi connectivity index (χ0) is 15.7. The second kappa shape index (κ2) is 9.56. The van der Waals surface area contributed by atoms with Gasteiger partial charge in [-0.15, -0.1) is 0 Å². The zero-order valence-corrected chi connectivity index (χ0v) is 14.2. The quantitative estimate of drug-likeness (QED) is 0.644. The van der Waals surface area contributed by atoms with E-state index >= 15 is 0 Å². The van der Waals surface area contributed by atoms with Crippen LogP contribution in [0.2, 0.25) is 0 Å². The highest BCUT2D eigenvalue weighted by molar-refractivity contribution is 5.40. The molecule has 0 aliphatic heterocycles. The molecule has 1 heterocycles. The summed E-state index contributed by atoms with van der Waals surface area (Å²) in [4.78, 5) is 6.77. The van der Waals surface area contributed by atoms with Gasteiger partial charge in [0.1, 0.15) is 5.82 Å².